The Bertz CT molecular complexity index is 786. The number of piperazine rings is 1. The first-order chi connectivity index (χ1) is 15.4. The van der Waals surface area contributed by atoms with Crippen molar-refractivity contribution >= 4 is 20.2 Å². The number of hydrogen-bond donors (Lipinski definition) is 1. The molecule has 0 spiro atoms. The Hall–Kier alpha value is -1.64. The third-order valence-electron chi connectivity index (χ3n) is 8.05. The molecule has 8 heteroatoms. The van der Waals surface area contributed by atoms with Crippen LogP contribution in [0.5, 0.6) is 0 Å². The SMILES string of the molecule is CC(C)N1CCN(C(=O)O)C(C2CCN(c3ccc(CO[Si](C)(C)C(C)(C)C)cn3)CC2)C1. The van der Waals surface area contributed by atoms with Crippen LogP contribution in [0.4, 0.5) is 10.6 Å². The summed E-state index contributed by atoms with van der Waals surface area (Å²) in [5.74, 6) is 1.41. The summed E-state index contributed by atoms with van der Waals surface area (Å²) in [6.45, 7) is 20.5. The smallest absolute Gasteiger partial charge is 0.407 e. The number of anilines is 1. The van der Waals surface area contributed by atoms with E-state index in [1.165, 1.54) is 0 Å². The van der Waals surface area contributed by atoms with E-state index < -0.39 is 14.4 Å². The number of amides is 1. The van der Waals surface area contributed by atoms with Crippen molar-refractivity contribution < 1.29 is 14.3 Å². The van der Waals surface area contributed by atoms with Crippen LogP contribution in [0, 0.1) is 5.92 Å². The molecule has 1 amide bonds. The second-order valence-electron chi connectivity index (χ2n) is 11.5. The van der Waals surface area contributed by atoms with Gasteiger partial charge in [0, 0.05) is 45.0 Å². The normalized spacial score (nSPS) is 21.6. The van der Waals surface area contributed by atoms with Gasteiger partial charge >= 0.3 is 6.09 Å². The molecule has 7 nitrogen and oxygen atoms in total. The molecule has 1 atom stereocenters. The number of carbonyl (C=O) groups is 1. The van der Waals surface area contributed by atoms with Gasteiger partial charge in [0.15, 0.2) is 8.32 Å². The largest absolute Gasteiger partial charge is 0.465 e. The topological polar surface area (TPSA) is 69.1 Å². The van der Waals surface area contributed by atoms with E-state index in [0.717, 1.165) is 50.4 Å². The molecule has 0 radical (unpaired) electrons. The van der Waals surface area contributed by atoms with Crippen molar-refractivity contribution in [2.75, 3.05) is 37.6 Å². The summed E-state index contributed by atoms with van der Waals surface area (Å²) in [5.41, 5.74) is 1.12. The lowest BCUT2D eigenvalue weighted by Gasteiger charge is -2.47. The molecular formula is C25H44N4O3Si. The van der Waals surface area contributed by atoms with Crippen LogP contribution in [-0.4, -0.2) is 79.1 Å². The molecule has 1 N–H and O–H groups in total. The molecule has 186 valence electrons. The van der Waals surface area contributed by atoms with Crippen molar-refractivity contribution in [3.63, 3.8) is 0 Å². The second-order valence-corrected chi connectivity index (χ2v) is 16.3. The molecule has 33 heavy (non-hydrogen) atoms. The maximum absolute atomic E-state index is 11.9. The molecule has 2 fully saturated rings. The van der Waals surface area contributed by atoms with E-state index in [4.69, 9.17) is 9.41 Å². The van der Waals surface area contributed by atoms with Crippen LogP contribution in [0.2, 0.25) is 18.1 Å². The van der Waals surface area contributed by atoms with Crippen molar-refractivity contribution in [2.24, 2.45) is 5.92 Å². The molecule has 0 aliphatic carbocycles. The fraction of sp³-hybridized carbons (Fsp3) is 0.760. The Balaban J connectivity index is 1.56. The predicted octanol–water partition coefficient (Wildman–Crippen LogP) is 4.89. The third kappa shape index (κ3) is 6.28. The van der Waals surface area contributed by atoms with Crippen LogP contribution in [0.15, 0.2) is 18.3 Å². The zero-order valence-corrected chi connectivity index (χ0v) is 22.7. The van der Waals surface area contributed by atoms with Gasteiger partial charge in [0.05, 0.1) is 12.6 Å². The fourth-order valence-corrected chi connectivity index (χ4v) is 5.59. The maximum atomic E-state index is 11.9. The van der Waals surface area contributed by atoms with Gasteiger partial charge in [-0.05, 0) is 62.4 Å². The minimum atomic E-state index is -1.77. The number of rotatable bonds is 6. The number of piperidine rings is 1. The van der Waals surface area contributed by atoms with E-state index in [1.807, 2.05) is 6.20 Å². The lowest BCUT2D eigenvalue weighted by Crippen LogP contribution is -2.60. The average Bonchev–Trinajstić information content (AvgIpc) is 2.77. The Morgan fingerprint density at radius 1 is 1.18 bits per heavy atom. The summed E-state index contributed by atoms with van der Waals surface area (Å²) in [4.78, 5) is 23.0. The Kier molecular flexibility index (Phi) is 8.12. The highest BCUT2D eigenvalue weighted by Crippen LogP contribution is 2.37. The van der Waals surface area contributed by atoms with Gasteiger partial charge < -0.3 is 19.3 Å². The lowest BCUT2D eigenvalue weighted by atomic mass is 9.87. The minimum absolute atomic E-state index is 0.0867. The highest BCUT2D eigenvalue weighted by atomic mass is 28.4. The van der Waals surface area contributed by atoms with Crippen LogP contribution in [-0.2, 0) is 11.0 Å². The van der Waals surface area contributed by atoms with Crippen LogP contribution in [0.1, 0.15) is 53.0 Å². The monoisotopic (exact) mass is 476 g/mol. The Morgan fingerprint density at radius 2 is 1.85 bits per heavy atom. The van der Waals surface area contributed by atoms with E-state index in [2.05, 4.69) is 69.6 Å². The summed E-state index contributed by atoms with van der Waals surface area (Å²) in [6, 6.07) is 4.78. The Labute approximate surface area is 201 Å². The Morgan fingerprint density at radius 3 is 2.36 bits per heavy atom. The summed E-state index contributed by atoms with van der Waals surface area (Å²) in [5, 5.41) is 9.94. The molecule has 3 heterocycles. The summed E-state index contributed by atoms with van der Waals surface area (Å²) < 4.78 is 6.33. The maximum Gasteiger partial charge on any atom is 0.407 e. The standard InChI is InChI=1S/C25H44N4O3Si/c1-19(2)28-14-15-29(24(30)31)22(17-28)21-10-12-27(13-11-21)23-9-8-20(16-26-23)18-32-33(6,7)25(3,4)5/h8-9,16,19,21-22H,10-15,17-18H2,1-7H3,(H,30,31). The van der Waals surface area contributed by atoms with Crippen molar-refractivity contribution in [3.05, 3.63) is 23.9 Å². The lowest BCUT2D eigenvalue weighted by molar-refractivity contribution is 0.0258. The first kappa shape index (κ1) is 26.0. The van der Waals surface area contributed by atoms with Crippen LogP contribution in [0.25, 0.3) is 0 Å². The van der Waals surface area contributed by atoms with Gasteiger partial charge in [-0.1, -0.05) is 26.8 Å². The van der Waals surface area contributed by atoms with Crippen molar-refractivity contribution in [1.82, 2.24) is 14.8 Å². The summed E-state index contributed by atoms with van der Waals surface area (Å²) in [7, 11) is -1.77. The summed E-state index contributed by atoms with van der Waals surface area (Å²) in [6.07, 6.45) is 3.17. The number of nitrogens with zero attached hydrogens (tertiary/aromatic N) is 4. The molecule has 2 saturated heterocycles. The van der Waals surface area contributed by atoms with Crippen LogP contribution >= 0.6 is 0 Å². The predicted molar refractivity (Wildman–Crippen MR) is 136 cm³/mol. The van der Waals surface area contributed by atoms with Gasteiger partial charge in [-0.25, -0.2) is 9.78 Å². The first-order valence-corrected chi connectivity index (χ1v) is 15.4. The van der Waals surface area contributed by atoms with E-state index in [-0.39, 0.29) is 11.1 Å². The van der Waals surface area contributed by atoms with Gasteiger partial charge in [0.25, 0.3) is 0 Å². The molecule has 0 saturated carbocycles. The molecule has 0 aromatic carbocycles. The van der Waals surface area contributed by atoms with E-state index in [9.17, 15) is 9.90 Å². The van der Waals surface area contributed by atoms with E-state index >= 15 is 0 Å². The van der Waals surface area contributed by atoms with Gasteiger partial charge in [-0.15, -0.1) is 0 Å². The molecule has 1 aromatic rings. The van der Waals surface area contributed by atoms with Crippen LogP contribution < -0.4 is 4.90 Å². The zero-order valence-electron chi connectivity index (χ0n) is 21.7. The van der Waals surface area contributed by atoms with Crippen molar-refractivity contribution in [1.29, 1.82) is 0 Å². The molecule has 2 aliphatic heterocycles. The minimum Gasteiger partial charge on any atom is -0.465 e. The van der Waals surface area contributed by atoms with Crippen molar-refractivity contribution in [2.45, 2.75) is 84.3 Å². The molecule has 2 aliphatic rings. The van der Waals surface area contributed by atoms with Gasteiger partial charge in [0.2, 0.25) is 0 Å². The number of aromatic nitrogens is 1. The molecular weight excluding hydrogens is 432 g/mol. The van der Waals surface area contributed by atoms with Crippen molar-refractivity contribution in [3.8, 4) is 0 Å². The highest BCUT2D eigenvalue weighted by Gasteiger charge is 2.38. The van der Waals surface area contributed by atoms with E-state index in [1.54, 1.807) is 4.90 Å². The van der Waals surface area contributed by atoms with Gasteiger partial charge in [-0.2, -0.15) is 0 Å². The average molecular weight is 477 g/mol. The molecule has 0 bridgehead atoms. The van der Waals surface area contributed by atoms with Crippen LogP contribution in [0.3, 0.4) is 0 Å². The number of pyridine rings is 1. The second kappa shape index (κ2) is 10.3. The van der Waals surface area contributed by atoms with E-state index in [0.29, 0.717) is 25.1 Å². The summed E-state index contributed by atoms with van der Waals surface area (Å²) >= 11 is 0. The van der Waals surface area contributed by atoms with Gasteiger partial charge in [0.1, 0.15) is 5.82 Å². The molecule has 3 rings (SSSR count). The first-order valence-electron chi connectivity index (χ1n) is 12.5. The fourth-order valence-electron chi connectivity index (χ4n) is 4.62. The highest BCUT2D eigenvalue weighted by molar-refractivity contribution is 6.74. The zero-order chi connectivity index (χ0) is 24.4. The number of hydrogen-bond acceptors (Lipinski definition) is 5. The quantitative estimate of drug-likeness (QED) is 0.590. The number of carboxylic acid groups (broad SMARTS) is 1. The van der Waals surface area contributed by atoms with Gasteiger partial charge in [-0.3, -0.25) is 4.90 Å². The molecule has 1 unspecified atom stereocenters. The third-order valence-corrected chi connectivity index (χ3v) is 12.5. The molecule has 1 aromatic heterocycles.